The van der Waals surface area contributed by atoms with Crippen LogP contribution in [-0.2, 0) is 5.41 Å². The summed E-state index contributed by atoms with van der Waals surface area (Å²) in [5.74, 6) is 0.697. The molecule has 0 bridgehead atoms. The first-order valence-electron chi connectivity index (χ1n) is 8.53. The highest BCUT2D eigenvalue weighted by molar-refractivity contribution is 6.06. The van der Waals surface area contributed by atoms with E-state index in [0.29, 0.717) is 11.3 Å². The van der Waals surface area contributed by atoms with Crippen molar-refractivity contribution in [3.8, 4) is 11.1 Å². The van der Waals surface area contributed by atoms with Crippen LogP contribution in [0.5, 0.6) is 0 Å². The summed E-state index contributed by atoms with van der Waals surface area (Å²) in [5, 5.41) is 2.59. The van der Waals surface area contributed by atoms with Crippen LogP contribution in [0.15, 0.2) is 60.9 Å². The van der Waals surface area contributed by atoms with Crippen molar-refractivity contribution in [1.29, 1.82) is 0 Å². The van der Waals surface area contributed by atoms with E-state index in [4.69, 9.17) is 4.98 Å². The van der Waals surface area contributed by atoms with E-state index in [1.165, 1.54) is 39.4 Å². The van der Waals surface area contributed by atoms with Crippen LogP contribution in [0.25, 0.3) is 32.9 Å². The number of hydrogen-bond acceptors (Lipinski definition) is 2. The molecule has 2 nitrogen and oxygen atoms in total. The van der Waals surface area contributed by atoms with Crippen molar-refractivity contribution in [2.45, 2.75) is 24.7 Å². The standard InChI is InChI=1S/C22H16N2/c1-22-12-18(22)16-9-11-24-21-15(6-7-17(22)20(16)21)13-8-10-23-19-5-3-2-4-14(13)19/h2-11,18H,12H2,1H3. The molecule has 1 fully saturated rings. The van der Waals surface area contributed by atoms with E-state index < -0.39 is 0 Å². The molecular formula is C22H16N2. The van der Waals surface area contributed by atoms with E-state index in [1.54, 1.807) is 0 Å². The minimum absolute atomic E-state index is 0.350. The van der Waals surface area contributed by atoms with E-state index >= 15 is 0 Å². The summed E-state index contributed by atoms with van der Waals surface area (Å²) in [5.41, 5.74) is 7.97. The molecule has 2 atom stereocenters. The zero-order valence-electron chi connectivity index (χ0n) is 13.5. The van der Waals surface area contributed by atoms with Crippen LogP contribution in [0.2, 0.25) is 0 Å². The Hall–Kier alpha value is -2.74. The monoisotopic (exact) mass is 308 g/mol. The van der Waals surface area contributed by atoms with E-state index in [9.17, 15) is 0 Å². The molecule has 2 aromatic carbocycles. The van der Waals surface area contributed by atoms with Crippen LogP contribution >= 0.6 is 0 Å². The number of aromatic nitrogens is 2. The van der Waals surface area contributed by atoms with E-state index in [-0.39, 0.29) is 0 Å². The van der Waals surface area contributed by atoms with Crippen molar-refractivity contribution >= 4 is 21.8 Å². The van der Waals surface area contributed by atoms with Crippen LogP contribution in [0.3, 0.4) is 0 Å². The van der Waals surface area contributed by atoms with Crippen molar-refractivity contribution < 1.29 is 0 Å². The molecule has 1 saturated carbocycles. The highest BCUT2D eigenvalue weighted by Crippen LogP contribution is 2.67. The number of benzene rings is 2. The smallest absolute Gasteiger partial charge is 0.0786 e. The topological polar surface area (TPSA) is 25.8 Å². The maximum Gasteiger partial charge on any atom is 0.0786 e. The van der Waals surface area contributed by atoms with Gasteiger partial charge in [0.25, 0.3) is 0 Å². The summed E-state index contributed by atoms with van der Waals surface area (Å²) in [6.45, 7) is 2.40. The third kappa shape index (κ3) is 1.38. The zero-order chi connectivity index (χ0) is 15.9. The molecule has 0 N–H and O–H groups in total. The lowest BCUT2D eigenvalue weighted by molar-refractivity contribution is 0.780. The number of rotatable bonds is 1. The molecule has 24 heavy (non-hydrogen) atoms. The van der Waals surface area contributed by atoms with Gasteiger partial charge in [0.15, 0.2) is 0 Å². The molecule has 2 aliphatic rings. The van der Waals surface area contributed by atoms with Gasteiger partial charge in [-0.25, -0.2) is 0 Å². The van der Waals surface area contributed by atoms with Gasteiger partial charge in [0.05, 0.1) is 11.0 Å². The Labute approximate surface area is 140 Å². The number of para-hydroxylation sites is 1. The minimum Gasteiger partial charge on any atom is -0.256 e. The average Bonchev–Trinajstić information content (AvgIpc) is 3.26. The molecule has 2 heterocycles. The summed E-state index contributed by atoms with van der Waals surface area (Å²) in [6.07, 6.45) is 5.18. The fourth-order valence-corrected chi connectivity index (χ4v) is 4.72. The van der Waals surface area contributed by atoms with Gasteiger partial charge in [-0.2, -0.15) is 0 Å². The third-order valence-electron chi connectivity index (χ3n) is 6.09. The Bertz CT molecular complexity index is 1160. The van der Waals surface area contributed by atoms with Gasteiger partial charge in [-0.15, -0.1) is 0 Å². The Morgan fingerprint density at radius 3 is 2.75 bits per heavy atom. The number of fused-ring (bicyclic) bond motifs is 4. The molecule has 0 radical (unpaired) electrons. The second-order valence-electron chi connectivity index (χ2n) is 7.33. The molecule has 2 unspecified atom stereocenters. The van der Waals surface area contributed by atoms with Crippen LogP contribution < -0.4 is 0 Å². The number of hydrogen-bond donors (Lipinski definition) is 0. The first-order valence-corrected chi connectivity index (χ1v) is 8.53. The van der Waals surface area contributed by atoms with Gasteiger partial charge in [-0.05, 0) is 47.2 Å². The predicted molar refractivity (Wildman–Crippen MR) is 97.2 cm³/mol. The molecule has 4 aromatic rings. The number of nitrogens with zero attached hydrogens (tertiary/aromatic N) is 2. The lowest BCUT2D eigenvalue weighted by Gasteiger charge is -2.13. The Morgan fingerprint density at radius 1 is 0.917 bits per heavy atom. The second-order valence-corrected chi connectivity index (χ2v) is 7.33. The summed E-state index contributed by atoms with van der Waals surface area (Å²) in [7, 11) is 0. The maximum atomic E-state index is 4.79. The highest BCUT2D eigenvalue weighted by atomic mass is 14.7. The van der Waals surface area contributed by atoms with Crippen LogP contribution in [0.1, 0.15) is 30.4 Å². The van der Waals surface area contributed by atoms with Gasteiger partial charge in [0, 0.05) is 34.1 Å². The number of pyridine rings is 2. The molecule has 2 aliphatic carbocycles. The first kappa shape index (κ1) is 12.7. The summed E-state index contributed by atoms with van der Waals surface area (Å²) in [4.78, 5) is 9.30. The molecule has 2 aromatic heterocycles. The first-order chi connectivity index (χ1) is 11.8. The second kappa shape index (κ2) is 4.02. The zero-order valence-corrected chi connectivity index (χ0v) is 13.5. The van der Waals surface area contributed by atoms with Crippen molar-refractivity contribution in [3.63, 3.8) is 0 Å². The van der Waals surface area contributed by atoms with E-state index in [1.807, 2.05) is 18.5 Å². The molecule has 0 aliphatic heterocycles. The summed E-state index contributed by atoms with van der Waals surface area (Å²) < 4.78 is 0. The highest BCUT2D eigenvalue weighted by Gasteiger charge is 2.57. The van der Waals surface area contributed by atoms with Crippen molar-refractivity contribution in [2.75, 3.05) is 0 Å². The maximum absolute atomic E-state index is 4.79. The normalized spacial score (nSPS) is 23.6. The van der Waals surface area contributed by atoms with E-state index in [0.717, 1.165) is 11.0 Å². The fraction of sp³-hybridized carbons (Fsp3) is 0.182. The molecule has 114 valence electrons. The summed E-state index contributed by atoms with van der Waals surface area (Å²) in [6, 6.07) is 17.3. The molecule has 0 spiro atoms. The average molecular weight is 308 g/mol. The van der Waals surface area contributed by atoms with Crippen molar-refractivity contribution in [1.82, 2.24) is 9.97 Å². The van der Waals surface area contributed by atoms with Gasteiger partial charge in [0.2, 0.25) is 0 Å². The van der Waals surface area contributed by atoms with Gasteiger partial charge >= 0.3 is 0 Å². The fourth-order valence-electron chi connectivity index (χ4n) is 4.72. The van der Waals surface area contributed by atoms with Crippen LogP contribution in [0, 0.1) is 0 Å². The Morgan fingerprint density at radius 2 is 1.79 bits per heavy atom. The quantitative estimate of drug-likeness (QED) is 0.482. The van der Waals surface area contributed by atoms with Gasteiger partial charge in [-0.1, -0.05) is 37.3 Å². The van der Waals surface area contributed by atoms with Gasteiger partial charge in [-0.3, -0.25) is 9.97 Å². The van der Waals surface area contributed by atoms with Crippen molar-refractivity contribution in [3.05, 3.63) is 72.1 Å². The molecule has 2 heteroatoms. The van der Waals surface area contributed by atoms with Gasteiger partial charge < -0.3 is 0 Å². The largest absolute Gasteiger partial charge is 0.256 e. The Balaban J connectivity index is 1.74. The van der Waals surface area contributed by atoms with Crippen LogP contribution in [-0.4, -0.2) is 9.97 Å². The lowest BCUT2D eigenvalue weighted by atomic mass is 9.92. The molecular weight excluding hydrogens is 292 g/mol. The van der Waals surface area contributed by atoms with Crippen molar-refractivity contribution in [2.24, 2.45) is 0 Å². The SMILES string of the molecule is CC12CC1c1ccnc3c(-c4ccnc5ccccc45)ccc2c13. The minimum atomic E-state index is 0.350. The third-order valence-corrected chi connectivity index (χ3v) is 6.09. The van der Waals surface area contributed by atoms with E-state index in [2.05, 4.69) is 54.4 Å². The molecule has 0 saturated heterocycles. The summed E-state index contributed by atoms with van der Waals surface area (Å²) >= 11 is 0. The molecule has 0 amide bonds. The van der Waals surface area contributed by atoms with Crippen LogP contribution in [0.4, 0.5) is 0 Å². The van der Waals surface area contributed by atoms with Gasteiger partial charge in [0.1, 0.15) is 0 Å². The lowest BCUT2D eigenvalue weighted by Crippen LogP contribution is -1.99. The predicted octanol–water partition coefficient (Wildman–Crippen LogP) is 5.21. The molecule has 6 rings (SSSR count). The Kier molecular flexibility index (Phi) is 2.12.